The third-order valence-electron chi connectivity index (χ3n) is 7.77. The lowest BCUT2D eigenvalue weighted by atomic mass is 9.74. The molecule has 5 heteroatoms. The molecule has 0 radical (unpaired) electrons. The Hall–Kier alpha value is -2.27. The summed E-state index contributed by atoms with van der Waals surface area (Å²) >= 11 is 0. The van der Waals surface area contributed by atoms with Crippen LogP contribution < -0.4 is 0 Å². The van der Waals surface area contributed by atoms with Crippen molar-refractivity contribution in [1.82, 2.24) is 0 Å². The van der Waals surface area contributed by atoms with Gasteiger partial charge in [0.05, 0.1) is 30.8 Å². The molecule has 2 fully saturated rings. The highest BCUT2D eigenvalue weighted by Gasteiger charge is 2.69. The molecule has 0 heterocycles. The number of Topliss-reactive ketones (excluding diaryl/α,β-unsaturated/α-hetero) is 2. The van der Waals surface area contributed by atoms with Gasteiger partial charge in [-0.15, -0.1) is 0 Å². The lowest BCUT2D eigenvalue weighted by Crippen LogP contribution is -2.33. The molecule has 2 saturated carbocycles. The van der Waals surface area contributed by atoms with Gasteiger partial charge in [-0.3, -0.25) is 14.4 Å². The number of hydrogen-bond donors (Lipinski definition) is 0. The molecule has 178 valence electrons. The molecule has 3 aliphatic carbocycles. The maximum Gasteiger partial charge on any atom is 0.313 e. The number of ketones is 2. The van der Waals surface area contributed by atoms with Crippen LogP contribution in [0.15, 0.2) is 41.5 Å². The fourth-order valence-electron chi connectivity index (χ4n) is 6.66. The van der Waals surface area contributed by atoms with Crippen LogP contribution in [-0.2, 0) is 30.5 Å². The highest BCUT2D eigenvalue weighted by Crippen LogP contribution is 2.70. The highest BCUT2D eigenvalue weighted by molar-refractivity contribution is 6.25. The van der Waals surface area contributed by atoms with Gasteiger partial charge in [-0.25, -0.2) is 0 Å². The van der Waals surface area contributed by atoms with E-state index in [1.165, 1.54) is 0 Å². The summed E-state index contributed by atoms with van der Waals surface area (Å²) in [6.07, 6.45) is 1.45. The Kier molecular flexibility index (Phi) is 5.93. The zero-order valence-corrected chi connectivity index (χ0v) is 20.7. The van der Waals surface area contributed by atoms with Gasteiger partial charge in [0, 0.05) is 17.3 Å². The van der Waals surface area contributed by atoms with Crippen LogP contribution in [0, 0.1) is 28.1 Å². The number of benzene rings is 1. The maximum absolute atomic E-state index is 13.4. The summed E-state index contributed by atoms with van der Waals surface area (Å²) in [5.41, 5.74) is 0.715. The lowest BCUT2D eigenvalue weighted by molar-refractivity contribution is -0.147. The van der Waals surface area contributed by atoms with E-state index in [0.29, 0.717) is 13.0 Å². The summed E-state index contributed by atoms with van der Waals surface area (Å²) in [6.45, 7) is 12.4. The van der Waals surface area contributed by atoms with E-state index in [4.69, 9.17) is 9.47 Å². The van der Waals surface area contributed by atoms with Crippen molar-refractivity contribution in [2.75, 3.05) is 6.61 Å². The third kappa shape index (κ3) is 3.88. The van der Waals surface area contributed by atoms with Gasteiger partial charge in [0.25, 0.3) is 0 Å². The second kappa shape index (κ2) is 8.19. The smallest absolute Gasteiger partial charge is 0.313 e. The van der Waals surface area contributed by atoms with Crippen molar-refractivity contribution in [3.05, 3.63) is 47.0 Å². The van der Waals surface area contributed by atoms with Crippen molar-refractivity contribution >= 4 is 17.5 Å². The second-order valence-corrected chi connectivity index (χ2v) is 11.7. The minimum atomic E-state index is -0.696. The molecule has 4 atom stereocenters. The second-order valence-electron chi connectivity index (χ2n) is 11.7. The molecule has 0 N–H and O–H groups in total. The topological polar surface area (TPSA) is 69.7 Å². The van der Waals surface area contributed by atoms with E-state index < -0.39 is 16.7 Å². The van der Waals surface area contributed by atoms with E-state index in [1.54, 1.807) is 6.92 Å². The molecular weight excluding hydrogens is 416 g/mol. The van der Waals surface area contributed by atoms with Crippen LogP contribution >= 0.6 is 0 Å². The van der Waals surface area contributed by atoms with E-state index in [-0.39, 0.29) is 53.6 Å². The number of hydrogen-bond acceptors (Lipinski definition) is 5. The molecule has 0 aliphatic heterocycles. The van der Waals surface area contributed by atoms with Crippen LogP contribution in [0.3, 0.4) is 0 Å². The van der Waals surface area contributed by atoms with Gasteiger partial charge < -0.3 is 9.47 Å². The molecule has 0 bridgehead atoms. The van der Waals surface area contributed by atoms with Crippen LogP contribution in [0.1, 0.15) is 66.4 Å². The Morgan fingerprint density at radius 3 is 2.39 bits per heavy atom. The van der Waals surface area contributed by atoms with Gasteiger partial charge in [0.2, 0.25) is 0 Å². The van der Waals surface area contributed by atoms with E-state index in [9.17, 15) is 14.4 Å². The van der Waals surface area contributed by atoms with Crippen LogP contribution in [0.5, 0.6) is 0 Å². The fraction of sp³-hybridized carbons (Fsp3) is 0.607. The van der Waals surface area contributed by atoms with E-state index in [2.05, 4.69) is 13.8 Å². The Balaban J connectivity index is 1.77. The molecule has 4 rings (SSSR count). The first-order valence-corrected chi connectivity index (χ1v) is 12.1. The third-order valence-corrected chi connectivity index (χ3v) is 7.77. The molecule has 1 aromatic carbocycles. The Bertz CT molecular complexity index is 997. The van der Waals surface area contributed by atoms with Crippen LogP contribution in [0.25, 0.3) is 0 Å². The molecule has 1 spiro atoms. The van der Waals surface area contributed by atoms with E-state index in [1.807, 2.05) is 51.1 Å². The predicted molar refractivity (Wildman–Crippen MR) is 125 cm³/mol. The van der Waals surface area contributed by atoms with Gasteiger partial charge in [0.15, 0.2) is 11.6 Å². The first-order valence-electron chi connectivity index (χ1n) is 12.1. The van der Waals surface area contributed by atoms with Crippen LogP contribution in [0.4, 0.5) is 0 Å². The fourth-order valence-corrected chi connectivity index (χ4v) is 6.66. The quantitative estimate of drug-likeness (QED) is 0.445. The molecule has 3 aliphatic rings. The van der Waals surface area contributed by atoms with Crippen LogP contribution in [0.2, 0.25) is 0 Å². The van der Waals surface area contributed by atoms with Crippen LogP contribution in [-0.4, -0.2) is 30.2 Å². The summed E-state index contributed by atoms with van der Waals surface area (Å²) in [6, 6.07) is 10.0. The SMILES string of the molecule is CCOC(=O)[C@H]1C[C@@H]2[C@@H](OCc3ccccc3)C(C)(C)C[C@@]23CC(=O)C(C(=O)C(C)(C)C)=C13. The standard InChI is InChI=1S/C28H36O5/c1-7-32-25(31)18-13-19-24(33-15-17-11-9-8-10-12-17)27(5,6)16-28(19)14-20(29)21(22(18)28)23(30)26(2,3)4/h8-12,18-19,24H,7,13-16H2,1-6H3/t18-,19+,24+,28-/m0/s1. The van der Waals surface area contributed by atoms with Crippen molar-refractivity contribution in [2.24, 2.45) is 28.1 Å². The monoisotopic (exact) mass is 452 g/mol. The summed E-state index contributed by atoms with van der Waals surface area (Å²) in [7, 11) is 0. The molecule has 0 saturated heterocycles. The largest absolute Gasteiger partial charge is 0.466 e. The first-order chi connectivity index (χ1) is 15.4. The van der Waals surface area contributed by atoms with Gasteiger partial charge >= 0.3 is 5.97 Å². The lowest BCUT2D eigenvalue weighted by Gasteiger charge is -2.31. The summed E-state index contributed by atoms with van der Waals surface area (Å²) < 4.78 is 12.0. The number of rotatable bonds is 6. The molecule has 0 aromatic heterocycles. The molecule has 1 aromatic rings. The zero-order valence-electron chi connectivity index (χ0n) is 20.7. The Labute approximate surface area is 196 Å². The summed E-state index contributed by atoms with van der Waals surface area (Å²) in [5, 5.41) is 0. The average molecular weight is 453 g/mol. The molecule has 0 unspecified atom stereocenters. The van der Waals surface area contributed by atoms with E-state index >= 15 is 0 Å². The Morgan fingerprint density at radius 2 is 1.79 bits per heavy atom. The van der Waals surface area contributed by atoms with Gasteiger partial charge in [-0.05, 0) is 42.2 Å². The van der Waals surface area contributed by atoms with E-state index in [0.717, 1.165) is 17.6 Å². The van der Waals surface area contributed by atoms with Crippen molar-refractivity contribution in [3.63, 3.8) is 0 Å². The number of carbonyl (C=O) groups excluding carboxylic acids is 3. The number of ether oxygens (including phenoxy) is 2. The Morgan fingerprint density at radius 1 is 1.12 bits per heavy atom. The average Bonchev–Trinajstić information content (AvgIpc) is 3.24. The molecule has 5 nitrogen and oxygen atoms in total. The van der Waals surface area contributed by atoms with Gasteiger partial charge in [0.1, 0.15) is 0 Å². The molecule has 0 amide bonds. The number of esters is 1. The van der Waals surface area contributed by atoms with Crippen molar-refractivity contribution in [2.45, 2.75) is 73.5 Å². The minimum absolute atomic E-state index is 0.00478. The molecule has 33 heavy (non-hydrogen) atoms. The maximum atomic E-state index is 13.4. The van der Waals surface area contributed by atoms with Gasteiger partial charge in [-0.1, -0.05) is 65.0 Å². The van der Waals surface area contributed by atoms with Crippen molar-refractivity contribution in [1.29, 1.82) is 0 Å². The normalized spacial score (nSPS) is 30.4. The zero-order chi connectivity index (χ0) is 24.2. The highest BCUT2D eigenvalue weighted by atomic mass is 16.5. The van der Waals surface area contributed by atoms with Gasteiger partial charge in [-0.2, -0.15) is 0 Å². The number of carbonyl (C=O) groups is 3. The summed E-state index contributed by atoms with van der Waals surface area (Å²) in [4.78, 5) is 39.9. The predicted octanol–water partition coefficient (Wildman–Crippen LogP) is 5.07. The van der Waals surface area contributed by atoms with Crippen molar-refractivity contribution in [3.8, 4) is 0 Å². The minimum Gasteiger partial charge on any atom is -0.466 e. The summed E-state index contributed by atoms with van der Waals surface area (Å²) in [5.74, 6) is -1.17. The number of allylic oxidation sites excluding steroid dienone is 1. The van der Waals surface area contributed by atoms with Crippen molar-refractivity contribution < 1.29 is 23.9 Å². The first kappa shape index (κ1) is 23.9. The molecular formula is C28H36O5.